The van der Waals surface area contributed by atoms with Gasteiger partial charge in [-0.1, -0.05) is 6.92 Å². The molecule has 2 aromatic rings. The van der Waals surface area contributed by atoms with E-state index in [1.54, 1.807) is 40.7 Å². The summed E-state index contributed by atoms with van der Waals surface area (Å²) in [6, 6.07) is 9.12. The van der Waals surface area contributed by atoms with E-state index in [1.165, 1.54) is 21.3 Å². The molecule has 1 heterocycles. The molecule has 0 radical (unpaired) electrons. The van der Waals surface area contributed by atoms with Gasteiger partial charge in [0.25, 0.3) is 0 Å². The molecular formula is C27H39N3O6S. The van der Waals surface area contributed by atoms with E-state index in [9.17, 15) is 13.2 Å². The average Bonchev–Trinajstić information content (AvgIpc) is 2.85. The summed E-state index contributed by atoms with van der Waals surface area (Å²) in [5.41, 5.74) is 0.713. The van der Waals surface area contributed by atoms with Crippen LogP contribution in [0.5, 0.6) is 17.2 Å². The van der Waals surface area contributed by atoms with Crippen molar-refractivity contribution in [1.82, 2.24) is 9.62 Å². The van der Waals surface area contributed by atoms with E-state index in [0.29, 0.717) is 47.5 Å². The number of hydrogen-bond acceptors (Lipinski definition) is 7. The fourth-order valence-electron chi connectivity index (χ4n) is 4.41. The van der Waals surface area contributed by atoms with E-state index >= 15 is 0 Å². The molecule has 0 unspecified atom stereocenters. The van der Waals surface area contributed by atoms with Gasteiger partial charge in [0.05, 0.1) is 26.2 Å². The first-order valence-corrected chi connectivity index (χ1v) is 13.8. The Balaban J connectivity index is 1.94. The number of benzene rings is 2. The predicted molar refractivity (Wildman–Crippen MR) is 144 cm³/mol. The first-order chi connectivity index (χ1) is 17.4. The Bertz CT molecular complexity index is 1170. The number of hydrogen-bond donors (Lipinski definition) is 2. The number of piperidine rings is 1. The highest BCUT2D eigenvalue weighted by Gasteiger charge is 2.30. The van der Waals surface area contributed by atoms with Gasteiger partial charge in [0.2, 0.25) is 21.7 Å². The van der Waals surface area contributed by atoms with Gasteiger partial charge in [0.15, 0.2) is 11.5 Å². The van der Waals surface area contributed by atoms with E-state index in [1.807, 2.05) is 20.8 Å². The van der Waals surface area contributed by atoms with Crippen molar-refractivity contribution in [3.05, 3.63) is 42.0 Å². The maximum atomic E-state index is 13.4. The smallest absolute Gasteiger partial charge is 0.247 e. The topological polar surface area (TPSA) is 106 Å². The third-order valence-corrected chi connectivity index (χ3v) is 8.08. The molecule has 204 valence electrons. The van der Waals surface area contributed by atoms with Gasteiger partial charge in [-0.2, -0.15) is 4.31 Å². The number of carbonyl (C=O) groups excluding carboxylic acids is 1. The van der Waals surface area contributed by atoms with Gasteiger partial charge in [-0.25, -0.2) is 8.42 Å². The number of ether oxygens (including phenoxy) is 3. The summed E-state index contributed by atoms with van der Waals surface area (Å²) in [5.74, 6) is 1.34. The zero-order valence-corrected chi connectivity index (χ0v) is 23.6. The lowest BCUT2D eigenvalue weighted by Crippen LogP contribution is -2.44. The number of amides is 1. The van der Waals surface area contributed by atoms with Crippen LogP contribution in [0.3, 0.4) is 0 Å². The number of nitrogens with one attached hydrogen (secondary N) is 2. The zero-order valence-electron chi connectivity index (χ0n) is 22.8. The number of anilines is 1. The van der Waals surface area contributed by atoms with E-state index in [4.69, 9.17) is 14.2 Å². The van der Waals surface area contributed by atoms with Crippen molar-refractivity contribution in [2.24, 2.45) is 5.92 Å². The van der Waals surface area contributed by atoms with Gasteiger partial charge < -0.3 is 24.8 Å². The van der Waals surface area contributed by atoms with Crippen molar-refractivity contribution < 1.29 is 27.4 Å². The highest BCUT2D eigenvalue weighted by Crippen LogP contribution is 2.40. The van der Waals surface area contributed by atoms with Crippen LogP contribution in [0, 0.1) is 5.92 Å². The lowest BCUT2D eigenvalue weighted by Gasteiger charge is -2.30. The minimum absolute atomic E-state index is 0.232. The van der Waals surface area contributed by atoms with Crippen LogP contribution in [-0.2, 0) is 14.8 Å². The molecule has 0 spiro atoms. The maximum Gasteiger partial charge on any atom is 0.247 e. The van der Waals surface area contributed by atoms with Gasteiger partial charge in [-0.15, -0.1) is 0 Å². The highest BCUT2D eigenvalue weighted by molar-refractivity contribution is 7.89. The molecule has 1 amide bonds. The molecule has 10 heteroatoms. The monoisotopic (exact) mass is 533 g/mol. The molecule has 0 aromatic heterocycles. The summed E-state index contributed by atoms with van der Waals surface area (Å²) in [6.45, 7) is 8.83. The fraction of sp³-hybridized carbons (Fsp3) is 0.519. The highest BCUT2D eigenvalue weighted by atomic mass is 32.2. The second-order valence-corrected chi connectivity index (χ2v) is 12.3. The van der Waals surface area contributed by atoms with Gasteiger partial charge in [0, 0.05) is 24.3 Å². The van der Waals surface area contributed by atoms with Crippen molar-refractivity contribution in [1.29, 1.82) is 0 Å². The zero-order chi connectivity index (χ0) is 27.4. The second-order valence-electron chi connectivity index (χ2n) is 10.4. The quantitative estimate of drug-likeness (QED) is 0.498. The molecule has 1 fully saturated rings. The molecule has 2 aromatic carbocycles. The predicted octanol–water partition coefficient (Wildman–Crippen LogP) is 4.20. The molecule has 0 bridgehead atoms. The van der Waals surface area contributed by atoms with Crippen LogP contribution in [0.4, 0.5) is 5.69 Å². The third-order valence-electron chi connectivity index (χ3n) is 6.20. The van der Waals surface area contributed by atoms with Crippen molar-refractivity contribution in [3.63, 3.8) is 0 Å². The van der Waals surface area contributed by atoms with Crippen LogP contribution < -0.4 is 24.8 Å². The molecule has 1 saturated heterocycles. The Morgan fingerprint density at radius 2 is 1.62 bits per heavy atom. The summed E-state index contributed by atoms with van der Waals surface area (Å²) < 4.78 is 44.3. The number of nitrogens with zero attached hydrogens (tertiary/aromatic N) is 1. The summed E-state index contributed by atoms with van der Waals surface area (Å²) in [7, 11) is 0.967. The van der Waals surface area contributed by atoms with Crippen LogP contribution >= 0.6 is 0 Å². The molecule has 0 aliphatic carbocycles. The molecule has 1 aliphatic rings. The Kier molecular flexibility index (Phi) is 8.96. The fourth-order valence-corrected chi connectivity index (χ4v) is 6.01. The molecule has 37 heavy (non-hydrogen) atoms. The normalized spacial score (nSPS) is 17.5. The van der Waals surface area contributed by atoms with Crippen LogP contribution in [-0.4, -0.2) is 58.6 Å². The van der Waals surface area contributed by atoms with E-state index in [-0.39, 0.29) is 10.8 Å². The average molecular weight is 534 g/mol. The van der Waals surface area contributed by atoms with Crippen molar-refractivity contribution in [2.75, 3.05) is 39.7 Å². The Morgan fingerprint density at radius 3 is 2.11 bits per heavy atom. The molecule has 0 saturated carbocycles. The standard InChI is InChI=1S/C27H39N3O6S/c1-18-9-8-14-30(17-18)37(32,33)21-12-10-20(11-13-21)28-24(26(31)29-27(2,3)4)19-15-22(34-5)25(36-7)23(16-19)35-6/h10-13,15-16,18,24,28H,8-9,14,17H2,1-7H3,(H,29,31)/t18-,24+/m0/s1. The molecular weight excluding hydrogens is 494 g/mol. The molecule has 9 nitrogen and oxygen atoms in total. The van der Waals surface area contributed by atoms with E-state index in [2.05, 4.69) is 17.6 Å². The van der Waals surface area contributed by atoms with Crippen LogP contribution in [0.25, 0.3) is 0 Å². The third kappa shape index (κ3) is 6.87. The Labute approximate surface area is 220 Å². The maximum absolute atomic E-state index is 13.4. The summed E-state index contributed by atoms with van der Waals surface area (Å²) in [4.78, 5) is 13.6. The number of carbonyl (C=O) groups is 1. The van der Waals surface area contributed by atoms with E-state index < -0.39 is 21.6 Å². The van der Waals surface area contributed by atoms with Crippen LogP contribution in [0.15, 0.2) is 41.3 Å². The van der Waals surface area contributed by atoms with Crippen molar-refractivity contribution >= 4 is 21.6 Å². The van der Waals surface area contributed by atoms with Gasteiger partial charge in [0.1, 0.15) is 6.04 Å². The molecule has 1 aliphatic heterocycles. The number of rotatable bonds is 9. The van der Waals surface area contributed by atoms with Crippen molar-refractivity contribution in [2.45, 2.75) is 57.0 Å². The first-order valence-electron chi connectivity index (χ1n) is 12.4. The first kappa shape index (κ1) is 28.6. The van der Waals surface area contributed by atoms with Crippen LogP contribution in [0.1, 0.15) is 52.1 Å². The molecule has 3 rings (SSSR count). The lowest BCUT2D eigenvalue weighted by atomic mass is 10.0. The van der Waals surface area contributed by atoms with Crippen LogP contribution in [0.2, 0.25) is 0 Å². The minimum Gasteiger partial charge on any atom is -0.493 e. The van der Waals surface area contributed by atoms with Gasteiger partial charge >= 0.3 is 0 Å². The summed E-state index contributed by atoms with van der Waals surface area (Å²) >= 11 is 0. The van der Waals surface area contributed by atoms with E-state index in [0.717, 1.165) is 12.8 Å². The van der Waals surface area contributed by atoms with Crippen molar-refractivity contribution in [3.8, 4) is 17.2 Å². The lowest BCUT2D eigenvalue weighted by molar-refractivity contribution is -0.123. The SMILES string of the molecule is COc1cc([C@@H](Nc2ccc(S(=O)(=O)N3CCC[C@H](C)C3)cc2)C(=O)NC(C)(C)C)cc(OC)c1OC. The van der Waals surface area contributed by atoms with Gasteiger partial charge in [-0.05, 0) is 81.5 Å². The summed E-state index contributed by atoms with van der Waals surface area (Å²) in [6.07, 6.45) is 1.90. The molecule has 2 N–H and O–H groups in total. The summed E-state index contributed by atoms with van der Waals surface area (Å²) in [5, 5.41) is 6.26. The molecule has 2 atom stereocenters. The minimum atomic E-state index is -3.58. The number of sulfonamides is 1. The second kappa shape index (κ2) is 11.6. The Hall–Kier alpha value is -2.98. The van der Waals surface area contributed by atoms with Gasteiger partial charge in [-0.3, -0.25) is 4.79 Å². The largest absolute Gasteiger partial charge is 0.493 e. The Morgan fingerprint density at radius 1 is 1.03 bits per heavy atom. The number of methoxy groups -OCH3 is 3.